The molecule has 23 heavy (non-hydrogen) atoms. The SMILES string of the molecule is C[C@@H](Nc1ccc(OC2CCCC2)cc1)C(=O)N1CCNC1=O. The molecule has 1 heterocycles. The predicted molar refractivity (Wildman–Crippen MR) is 87.5 cm³/mol. The van der Waals surface area contributed by atoms with Gasteiger partial charge in [-0.1, -0.05) is 0 Å². The molecule has 2 fully saturated rings. The normalized spacial score (nSPS) is 19.5. The van der Waals surface area contributed by atoms with Crippen molar-refractivity contribution in [2.45, 2.75) is 44.8 Å². The highest BCUT2D eigenvalue weighted by Gasteiger charge is 2.29. The summed E-state index contributed by atoms with van der Waals surface area (Å²) in [5.74, 6) is 0.645. The lowest BCUT2D eigenvalue weighted by Gasteiger charge is -2.20. The Morgan fingerprint density at radius 3 is 2.61 bits per heavy atom. The van der Waals surface area contributed by atoms with E-state index in [2.05, 4.69) is 10.6 Å². The maximum Gasteiger partial charge on any atom is 0.324 e. The maximum absolute atomic E-state index is 12.2. The van der Waals surface area contributed by atoms with Crippen molar-refractivity contribution in [1.29, 1.82) is 0 Å². The number of hydrogen-bond acceptors (Lipinski definition) is 4. The highest BCUT2D eigenvalue weighted by Crippen LogP contribution is 2.25. The van der Waals surface area contributed by atoms with Gasteiger partial charge < -0.3 is 15.4 Å². The second-order valence-corrected chi connectivity index (χ2v) is 6.14. The van der Waals surface area contributed by atoms with E-state index in [1.54, 1.807) is 6.92 Å². The minimum atomic E-state index is -0.458. The van der Waals surface area contributed by atoms with Crippen LogP contribution in [-0.4, -0.2) is 42.1 Å². The van der Waals surface area contributed by atoms with Crippen LogP contribution in [0.1, 0.15) is 32.6 Å². The number of nitrogens with one attached hydrogen (secondary N) is 2. The lowest BCUT2D eigenvalue weighted by atomic mass is 10.2. The Hall–Kier alpha value is -2.24. The summed E-state index contributed by atoms with van der Waals surface area (Å²) in [7, 11) is 0. The Morgan fingerprint density at radius 1 is 1.30 bits per heavy atom. The van der Waals surface area contributed by atoms with E-state index in [0.29, 0.717) is 19.2 Å². The van der Waals surface area contributed by atoms with Crippen LogP contribution in [0.15, 0.2) is 24.3 Å². The molecule has 1 aliphatic carbocycles. The van der Waals surface area contributed by atoms with Gasteiger partial charge in [-0.25, -0.2) is 4.79 Å². The van der Waals surface area contributed by atoms with Gasteiger partial charge in [0, 0.05) is 18.8 Å². The molecule has 1 atom stereocenters. The van der Waals surface area contributed by atoms with E-state index in [1.807, 2.05) is 24.3 Å². The summed E-state index contributed by atoms with van der Waals surface area (Å²) in [6, 6.07) is 6.86. The zero-order chi connectivity index (χ0) is 16.2. The quantitative estimate of drug-likeness (QED) is 0.874. The van der Waals surface area contributed by atoms with Crippen molar-refractivity contribution < 1.29 is 14.3 Å². The molecule has 3 amide bonds. The van der Waals surface area contributed by atoms with Crippen LogP contribution in [0.2, 0.25) is 0 Å². The van der Waals surface area contributed by atoms with Crippen molar-refractivity contribution in [3.8, 4) is 5.75 Å². The van der Waals surface area contributed by atoms with E-state index in [1.165, 1.54) is 17.7 Å². The smallest absolute Gasteiger partial charge is 0.324 e. The van der Waals surface area contributed by atoms with Crippen LogP contribution in [0.5, 0.6) is 5.75 Å². The highest BCUT2D eigenvalue weighted by atomic mass is 16.5. The zero-order valence-corrected chi connectivity index (χ0v) is 13.4. The van der Waals surface area contributed by atoms with E-state index in [9.17, 15) is 9.59 Å². The van der Waals surface area contributed by atoms with Crippen LogP contribution in [-0.2, 0) is 4.79 Å². The van der Waals surface area contributed by atoms with Gasteiger partial charge in [-0.15, -0.1) is 0 Å². The van der Waals surface area contributed by atoms with E-state index < -0.39 is 6.04 Å². The first-order chi connectivity index (χ1) is 11.1. The molecular formula is C17H23N3O3. The number of carbonyl (C=O) groups is 2. The standard InChI is InChI=1S/C17H23N3O3/c1-12(16(21)20-11-10-18-17(20)22)19-13-6-8-15(9-7-13)23-14-4-2-3-5-14/h6-9,12,14,19H,2-5,10-11H2,1H3,(H,18,22)/t12-/m1/s1. The molecule has 0 aromatic heterocycles. The summed E-state index contributed by atoms with van der Waals surface area (Å²) >= 11 is 0. The van der Waals surface area contributed by atoms with Gasteiger partial charge in [0.25, 0.3) is 5.91 Å². The fraction of sp³-hybridized carbons (Fsp3) is 0.529. The van der Waals surface area contributed by atoms with Crippen LogP contribution >= 0.6 is 0 Å². The molecule has 2 aliphatic rings. The topological polar surface area (TPSA) is 70.7 Å². The van der Waals surface area contributed by atoms with Crippen LogP contribution in [0, 0.1) is 0 Å². The summed E-state index contributed by atoms with van der Waals surface area (Å²) in [5, 5.41) is 5.77. The minimum absolute atomic E-state index is 0.216. The largest absolute Gasteiger partial charge is 0.490 e. The maximum atomic E-state index is 12.2. The van der Waals surface area contributed by atoms with Gasteiger partial charge in [0.15, 0.2) is 0 Å². The fourth-order valence-corrected chi connectivity index (χ4v) is 3.06. The molecule has 2 N–H and O–H groups in total. The number of amides is 3. The Morgan fingerprint density at radius 2 is 2.00 bits per heavy atom. The number of nitrogens with zero attached hydrogens (tertiary/aromatic N) is 1. The Kier molecular flexibility index (Phi) is 4.69. The summed E-state index contributed by atoms with van der Waals surface area (Å²) in [4.78, 5) is 25.0. The van der Waals surface area contributed by atoms with Gasteiger partial charge in [-0.2, -0.15) is 0 Å². The third-order valence-electron chi connectivity index (χ3n) is 4.34. The lowest BCUT2D eigenvalue weighted by Crippen LogP contribution is -2.43. The summed E-state index contributed by atoms with van der Waals surface area (Å²) < 4.78 is 5.92. The molecule has 1 aliphatic heterocycles. The van der Waals surface area contributed by atoms with Crippen molar-refractivity contribution in [2.24, 2.45) is 0 Å². The van der Waals surface area contributed by atoms with Crippen molar-refractivity contribution in [1.82, 2.24) is 10.2 Å². The molecule has 3 rings (SSSR count). The van der Waals surface area contributed by atoms with Crippen LogP contribution in [0.4, 0.5) is 10.5 Å². The van der Waals surface area contributed by atoms with Crippen LogP contribution < -0.4 is 15.4 Å². The molecular weight excluding hydrogens is 294 g/mol. The number of ether oxygens (including phenoxy) is 1. The predicted octanol–water partition coefficient (Wildman–Crippen LogP) is 2.36. The summed E-state index contributed by atoms with van der Waals surface area (Å²) in [6.45, 7) is 2.71. The molecule has 1 aromatic rings. The molecule has 0 unspecified atom stereocenters. The molecule has 124 valence electrons. The second-order valence-electron chi connectivity index (χ2n) is 6.14. The Balaban J connectivity index is 1.54. The van der Waals surface area contributed by atoms with Crippen molar-refractivity contribution in [3.05, 3.63) is 24.3 Å². The number of urea groups is 1. The van der Waals surface area contributed by atoms with Gasteiger partial charge in [-0.05, 0) is 56.9 Å². The molecule has 0 bridgehead atoms. The molecule has 1 aromatic carbocycles. The van der Waals surface area contributed by atoms with Gasteiger partial charge in [0.2, 0.25) is 0 Å². The van der Waals surface area contributed by atoms with E-state index in [-0.39, 0.29) is 11.9 Å². The highest BCUT2D eigenvalue weighted by molar-refractivity contribution is 5.99. The monoisotopic (exact) mass is 317 g/mol. The number of rotatable bonds is 5. The van der Waals surface area contributed by atoms with Gasteiger partial charge >= 0.3 is 6.03 Å². The van der Waals surface area contributed by atoms with Gasteiger partial charge in [-0.3, -0.25) is 9.69 Å². The third kappa shape index (κ3) is 3.75. The zero-order valence-electron chi connectivity index (χ0n) is 13.4. The van der Waals surface area contributed by atoms with E-state index in [0.717, 1.165) is 24.3 Å². The molecule has 0 radical (unpaired) electrons. The van der Waals surface area contributed by atoms with Crippen molar-refractivity contribution >= 4 is 17.6 Å². The van der Waals surface area contributed by atoms with Crippen molar-refractivity contribution in [2.75, 3.05) is 18.4 Å². The number of hydrogen-bond donors (Lipinski definition) is 2. The first kappa shape index (κ1) is 15.6. The minimum Gasteiger partial charge on any atom is -0.490 e. The number of carbonyl (C=O) groups excluding carboxylic acids is 2. The number of anilines is 1. The Bertz CT molecular complexity index is 567. The second kappa shape index (κ2) is 6.89. The Labute approximate surface area is 136 Å². The number of imide groups is 1. The summed E-state index contributed by atoms with van der Waals surface area (Å²) in [6.07, 6.45) is 5.08. The lowest BCUT2D eigenvalue weighted by molar-refractivity contribution is -0.128. The molecule has 6 nitrogen and oxygen atoms in total. The first-order valence-corrected chi connectivity index (χ1v) is 8.26. The molecule has 0 spiro atoms. The molecule has 1 saturated carbocycles. The van der Waals surface area contributed by atoms with E-state index >= 15 is 0 Å². The first-order valence-electron chi connectivity index (χ1n) is 8.26. The van der Waals surface area contributed by atoms with Gasteiger partial charge in [0.1, 0.15) is 11.8 Å². The van der Waals surface area contributed by atoms with Crippen LogP contribution in [0.3, 0.4) is 0 Å². The average molecular weight is 317 g/mol. The third-order valence-corrected chi connectivity index (χ3v) is 4.34. The number of benzene rings is 1. The fourth-order valence-electron chi connectivity index (χ4n) is 3.06. The average Bonchev–Trinajstić information content (AvgIpc) is 3.20. The van der Waals surface area contributed by atoms with Gasteiger partial charge in [0.05, 0.1) is 6.10 Å². The molecule has 1 saturated heterocycles. The van der Waals surface area contributed by atoms with Crippen molar-refractivity contribution in [3.63, 3.8) is 0 Å². The molecule has 6 heteroatoms. The van der Waals surface area contributed by atoms with E-state index in [4.69, 9.17) is 4.74 Å². The summed E-state index contributed by atoms with van der Waals surface area (Å²) in [5.41, 5.74) is 0.837. The van der Waals surface area contributed by atoms with Crippen LogP contribution in [0.25, 0.3) is 0 Å².